The fourth-order valence-electron chi connectivity index (χ4n) is 2.71. The molecule has 1 aromatic heterocycles. The number of carbonyl (C=O) groups excluding carboxylic acids is 1. The molecule has 28 heavy (non-hydrogen) atoms. The molecule has 146 valence electrons. The third kappa shape index (κ3) is 5.41. The van der Waals surface area contributed by atoms with Crippen LogP contribution in [0.5, 0.6) is 0 Å². The maximum absolute atomic E-state index is 13.0. The Morgan fingerprint density at radius 1 is 1.21 bits per heavy atom. The van der Waals surface area contributed by atoms with Crippen LogP contribution < -0.4 is 4.90 Å². The van der Waals surface area contributed by atoms with Crippen LogP contribution >= 0.6 is 38.9 Å². The summed E-state index contributed by atoms with van der Waals surface area (Å²) in [6.45, 7) is 1.50. The minimum atomic E-state index is -0.100. The molecule has 3 aromatic rings. The molecule has 0 saturated carbocycles. The van der Waals surface area contributed by atoms with Gasteiger partial charge in [0, 0.05) is 22.1 Å². The van der Waals surface area contributed by atoms with Crippen molar-refractivity contribution in [2.24, 2.45) is 0 Å². The van der Waals surface area contributed by atoms with E-state index in [9.17, 15) is 4.79 Å². The molecule has 4 nitrogen and oxygen atoms in total. The molecule has 0 saturated heterocycles. The van der Waals surface area contributed by atoms with Crippen LogP contribution in [-0.2, 0) is 4.79 Å². The van der Waals surface area contributed by atoms with E-state index < -0.39 is 0 Å². The fourth-order valence-corrected chi connectivity index (χ4v) is 4.46. The highest BCUT2D eigenvalue weighted by Gasteiger charge is 2.18. The molecule has 0 unspecified atom stereocenters. The van der Waals surface area contributed by atoms with Crippen molar-refractivity contribution < 1.29 is 4.79 Å². The number of anilines is 1. The van der Waals surface area contributed by atoms with Crippen LogP contribution in [0.1, 0.15) is 12.0 Å². The minimum absolute atomic E-state index is 0.100. The van der Waals surface area contributed by atoms with E-state index in [1.807, 2.05) is 56.6 Å². The van der Waals surface area contributed by atoms with Gasteiger partial charge in [-0.3, -0.25) is 9.69 Å². The first-order valence-electron chi connectivity index (χ1n) is 8.89. The summed E-state index contributed by atoms with van der Waals surface area (Å²) in [6, 6.07) is 13.4. The fraction of sp³-hybridized carbons (Fsp3) is 0.238. The van der Waals surface area contributed by atoms with Gasteiger partial charge in [-0.1, -0.05) is 57.1 Å². The Labute approximate surface area is 182 Å². The van der Waals surface area contributed by atoms with Crippen molar-refractivity contribution in [3.8, 4) is 0 Å². The van der Waals surface area contributed by atoms with Gasteiger partial charge >= 0.3 is 0 Å². The summed E-state index contributed by atoms with van der Waals surface area (Å²) in [5.41, 5.74) is 1.71. The van der Waals surface area contributed by atoms with Crippen molar-refractivity contribution >= 4 is 66.2 Å². The molecular weight excluding hydrogens is 458 g/mol. The van der Waals surface area contributed by atoms with Gasteiger partial charge < -0.3 is 4.90 Å². The molecule has 0 spiro atoms. The largest absolute Gasteiger partial charge is 0.309 e. The third-order valence-electron chi connectivity index (χ3n) is 4.13. The zero-order valence-electron chi connectivity index (χ0n) is 15.7. The molecule has 0 aliphatic rings. The van der Waals surface area contributed by atoms with Gasteiger partial charge in [0.2, 0.25) is 0 Å². The SMILES string of the molecule is CN(C)CCCN(C(=O)/C=C/c1ccccc1Cl)c1nc2ccc(Br)cc2s1. The minimum Gasteiger partial charge on any atom is -0.309 e. The van der Waals surface area contributed by atoms with E-state index in [-0.39, 0.29) is 5.91 Å². The molecule has 0 radical (unpaired) electrons. The highest BCUT2D eigenvalue weighted by atomic mass is 79.9. The molecule has 1 heterocycles. The molecule has 2 aromatic carbocycles. The van der Waals surface area contributed by atoms with Gasteiger partial charge in [0.05, 0.1) is 10.2 Å². The quantitative estimate of drug-likeness (QED) is 0.408. The van der Waals surface area contributed by atoms with Crippen LogP contribution in [0.2, 0.25) is 5.02 Å². The summed E-state index contributed by atoms with van der Waals surface area (Å²) in [5, 5.41) is 1.33. The topological polar surface area (TPSA) is 36.4 Å². The second kappa shape index (κ2) is 9.65. The van der Waals surface area contributed by atoms with Crippen molar-refractivity contribution in [3.05, 3.63) is 63.6 Å². The Morgan fingerprint density at radius 2 is 2.00 bits per heavy atom. The standard InChI is InChI=1S/C21H21BrClN3OS/c1-25(2)12-5-13-26(20(27)11-8-15-6-3-4-7-17(15)23)21-24-18-10-9-16(22)14-19(18)28-21/h3-4,6-11,14H,5,12-13H2,1-2H3/b11-8+. The second-order valence-electron chi connectivity index (χ2n) is 6.61. The van der Waals surface area contributed by atoms with Crippen molar-refractivity contribution in [1.82, 2.24) is 9.88 Å². The van der Waals surface area contributed by atoms with E-state index in [4.69, 9.17) is 11.6 Å². The molecule has 1 amide bonds. The Morgan fingerprint density at radius 3 is 2.75 bits per heavy atom. The highest BCUT2D eigenvalue weighted by molar-refractivity contribution is 9.10. The average Bonchev–Trinajstić information content (AvgIpc) is 3.06. The van der Waals surface area contributed by atoms with Gasteiger partial charge in [0.1, 0.15) is 0 Å². The molecule has 0 aliphatic carbocycles. The van der Waals surface area contributed by atoms with Crippen molar-refractivity contribution in [3.63, 3.8) is 0 Å². The number of aromatic nitrogens is 1. The Bertz CT molecular complexity index is 1000. The Balaban J connectivity index is 1.86. The van der Waals surface area contributed by atoms with E-state index in [0.717, 1.165) is 33.2 Å². The summed E-state index contributed by atoms with van der Waals surface area (Å²) in [6.07, 6.45) is 4.19. The van der Waals surface area contributed by atoms with E-state index in [0.29, 0.717) is 16.7 Å². The smallest absolute Gasteiger partial charge is 0.252 e. The highest BCUT2D eigenvalue weighted by Crippen LogP contribution is 2.31. The van der Waals surface area contributed by atoms with E-state index in [1.165, 1.54) is 11.3 Å². The third-order valence-corrected chi connectivity index (χ3v) is 6.01. The molecule has 0 bridgehead atoms. The van der Waals surface area contributed by atoms with Gasteiger partial charge in [-0.15, -0.1) is 0 Å². The normalized spacial score (nSPS) is 11.6. The van der Waals surface area contributed by atoms with Gasteiger partial charge in [0.25, 0.3) is 5.91 Å². The number of thiazole rings is 1. The first-order valence-corrected chi connectivity index (χ1v) is 10.9. The van der Waals surface area contributed by atoms with Crippen LogP contribution in [-0.4, -0.2) is 43.0 Å². The van der Waals surface area contributed by atoms with Crippen LogP contribution in [0.15, 0.2) is 53.0 Å². The molecule has 0 aliphatic heterocycles. The van der Waals surface area contributed by atoms with Gasteiger partial charge in [-0.2, -0.15) is 0 Å². The van der Waals surface area contributed by atoms with Crippen molar-refractivity contribution in [2.45, 2.75) is 6.42 Å². The summed E-state index contributed by atoms with van der Waals surface area (Å²) in [5.74, 6) is -0.100. The average molecular weight is 479 g/mol. The van der Waals surface area contributed by atoms with Crippen LogP contribution in [0, 0.1) is 0 Å². The summed E-state index contributed by atoms with van der Waals surface area (Å²) < 4.78 is 2.05. The number of nitrogens with zero attached hydrogens (tertiary/aromatic N) is 3. The lowest BCUT2D eigenvalue weighted by Crippen LogP contribution is -2.32. The first kappa shape index (κ1) is 21.0. The molecule has 3 rings (SSSR count). The Hall–Kier alpha value is -1.73. The number of hydrogen-bond acceptors (Lipinski definition) is 4. The summed E-state index contributed by atoms with van der Waals surface area (Å²) in [7, 11) is 4.05. The zero-order chi connectivity index (χ0) is 20.1. The second-order valence-corrected chi connectivity index (χ2v) is 8.94. The Kier molecular flexibility index (Phi) is 7.24. The van der Waals surface area contributed by atoms with Crippen molar-refractivity contribution in [1.29, 1.82) is 0 Å². The number of carbonyl (C=O) groups is 1. The zero-order valence-corrected chi connectivity index (χ0v) is 18.9. The van der Waals surface area contributed by atoms with Crippen LogP contribution in [0.4, 0.5) is 5.13 Å². The molecule has 0 fully saturated rings. The lowest BCUT2D eigenvalue weighted by Gasteiger charge is -2.19. The molecule has 0 atom stereocenters. The van der Waals surface area contributed by atoms with E-state index in [1.54, 1.807) is 17.1 Å². The maximum Gasteiger partial charge on any atom is 0.252 e. The maximum atomic E-state index is 13.0. The number of benzene rings is 2. The van der Waals surface area contributed by atoms with Gasteiger partial charge in [0.15, 0.2) is 5.13 Å². The van der Waals surface area contributed by atoms with Gasteiger partial charge in [-0.05, 0) is 63.0 Å². The molecule has 7 heteroatoms. The monoisotopic (exact) mass is 477 g/mol. The number of fused-ring (bicyclic) bond motifs is 1. The summed E-state index contributed by atoms with van der Waals surface area (Å²) in [4.78, 5) is 21.5. The lowest BCUT2D eigenvalue weighted by atomic mass is 10.2. The molecule has 0 N–H and O–H groups in total. The van der Waals surface area contributed by atoms with Crippen LogP contribution in [0.3, 0.4) is 0 Å². The van der Waals surface area contributed by atoms with Crippen LogP contribution in [0.25, 0.3) is 16.3 Å². The number of halogens is 2. The lowest BCUT2D eigenvalue weighted by molar-refractivity contribution is -0.114. The van der Waals surface area contributed by atoms with E-state index >= 15 is 0 Å². The van der Waals surface area contributed by atoms with Crippen molar-refractivity contribution in [2.75, 3.05) is 32.1 Å². The molecular formula is C21H21BrClN3OS. The number of amides is 1. The predicted molar refractivity (Wildman–Crippen MR) is 123 cm³/mol. The van der Waals surface area contributed by atoms with E-state index in [2.05, 4.69) is 25.8 Å². The number of hydrogen-bond donors (Lipinski definition) is 0. The van der Waals surface area contributed by atoms with Gasteiger partial charge in [-0.25, -0.2) is 4.98 Å². The predicted octanol–water partition coefficient (Wildman–Crippen LogP) is 5.71. The summed E-state index contributed by atoms with van der Waals surface area (Å²) >= 11 is 11.2. The first-order chi connectivity index (χ1) is 13.4. The number of rotatable bonds is 7.